The molecule has 0 aliphatic rings. The lowest BCUT2D eigenvalue weighted by Crippen LogP contribution is -2.39. The largest absolute Gasteiger partial charge is 0.360 e. The summed E-state index contributed by atoms with van der Waals surface area (Å²) in [6.45, 7) is 0. The van der Waals surface area contributed by atoms with Gasteiger partial charge in [-0.25, -0.2) is 0 Å². The van der Waals surface area contributed by atoms with Crippen molar-refractivity contribution in [3.05, 3.63) is 102 Å². The van der Waals surface area contributed by atoms with Gasteiger partial charge in [-0.2, -0.15) is 17.6 Å². The zero-order chi connectivity index (χ0) is 19.3. The van der Waals surface area contributed by atoms with Crippen molar-refractivity contribution in [3.8, 4) is 0 Å². The third-order valence-electron chi connectivity index (χ3n) is 4.28. The Kier molecular flexibility index (Phi) is 5.90. The zero-order valence-corrected chi connectivity index (χ0v) is 15.2. The molecule has 140 valence electrons. The van der Waals surface area contributed by atoms with Crippen LogP contribution >= 0.6 is 11.8 Å². The highest BCUT2D eigenvalue weighted by Crippen LogP contribution is 2.51. The number of hydrogen-bond acceptors (Lipinski definition) is 1. The molecular formula is C22H18F4S. The molecule has 0 fully saturated rings. The predicted octanol–water partition coefficient (Wildman–Crippen LogP) is 7.23. The van der Waals surface area contributed by atoms with Crippen molar-refractivity contribution in [2.45, 2.75) is 28.4 Å². The van der Waals surface area contributed by atoms with Crippen molar-refractivity contribution in [2.75, 3.05) is 0 Å². The van der Waals surface area contributed by atoms with Gasteiger partial charge in [0.2, 0.25) is 0 Å². The molecule has 5 heteroatoms. The SMILES string of the molecule is FC(F)(CC(c1ccccc1)c1ccccc1)C(F)(F)Sc1ccccc1. The molecule has 0 aliphatic carbocycles. The summed E-state index contributed by atoms with van der Waals surface area (Å²) < 4.78 is 58.5. The highest BCUT2D eigenvalue weighted by molar-refractivity contribution is 8.00. The van der Waals surface area contributed by atoms with Crippen molar-refractivity contribution in [1.82, 2.24) is 0 Å². The third-order valence-corrected chi connectivity index (χ3v) is 5.34. The van der Waals surface area contributed by atoms with Crippen LogP contribution in [0.4, 0.5) is 17.6 Å². The van der Waals surface area contributed by atoms with Crippen LogP contribution in [0, 0.1) is 0 Å². The second-order valence-electron chi connectivity index (χ2n) is 6.21. The summed E-state index contributed by atoms with van der Waals surface area (Å²) in [6.07, 6.45) is -0.978. The Balaban J connectivity index is 1.89. The molecule has 0 aliphatic heterocycles. The summed E-state index contributed by atoms with van der Waals surface area (Å²) in [7, 11) is 0. The first kappa shape index (κ1) is 19.5. The van der Waals surface area contributed by atoms with Crippen LogP contribution < -0.4 is 0 Å². The highest BCUT2D eigenvalue weighted by atomic mass is 32.2. The molecule has 0 nitrogen and oxygen atoms in total. The molecule has 3 aromatic carbocycles. The summed E-state index contributed by atoms with van der Waals surface area (Å²) in [5, 5.41) is -4.23. The lowest BCUT2D eigenvalue weighted by Gasteiger charge is -2.30. The minimum absolute atomic E-state index is 0.0981. The fraction of sp³-hybridized carbons (Fsp3) is 0.182. The van der Waals surface area contributed by atoms with Crippen molar-refractivity contribution >= 4 is 11.8 Å². The van der Waals surface area contributed by atoms with E-state index in [4.69, 9.17) is 0 Å². The Morgan fingerprint density at radius 2 is 1.04 bits per heavy atom. The monoisotopic (exact) mass is 390 g/mol. The summed E-state index contributed by atoms with van der Waals surface area (Å²) >= 11 is -0.0981. The third kappa shape index (κ3) is 4.72. The molecular weight excluding hydrogens is 372 g/mol. The zero-order valence-electron chi connectivity index (χ0n) is 14.4. The first-order chi connectivity index (χ1) is 12.9. The molecule has 0 saturated carbocycles. The van der Waals surface area contributed by atoms with Crippen molar-refractivity contribution in [3.63, 3.8) is 0 Å². The first-order valence-electron chi connectivity index (χ1n) is 8.49. The van der Waals surface area contributed by atoms with Gasteiger partial charge in [-0.15, -0.1) is 0 Å². The Labute approximate surface area is 160 Å². The van der Waals surface area contributed by atoms with Gasteiger partial charge in [0, 0.05) is 17.2 Å². The van der Waals surface area contributed by atoms with E-state index >= 15 is 0 Å². The van der Waals surface area contributed by atoms with Crippen LogP contribution in [0.1, 0.15) is 23.5 Å². The smallest absolute Gasteiger partial charge is 0.199 e. The van der Waals surface area contributed by atoms with Crippen LogP contribution in [0.2, 0.25) is 0 Å². The van der Waals surface area contributed by atoms with E-state index in [2.05, 4.69) is 0 Å². The van der Waals surface area contributed by atoms with E-state index in [1.807, 2.05) is 0 Å². The van der Waals surface area contributed by atoms with E-state index in [1.165, 1.54) is 12.1 Å². The maximum absolute atomic E-state index is 14.7. The second kappa shape index (κ2) is 8.17. The maximum Gasteiger partial charge on any atom is 0.360 e. The van der Waals surface area contributed by atoms with Gasteiger partial charge in [0.05, 0.1) is 0 Å². The van der Waals surface area contributed by atoms with Crippen LogP contribution in [0.15, 0.2) is 95.9 Å². The molecule has 0 heterocycles. The average Bonchev–Trinajstić information content (AvgIpc) is 2.68. The normalized spacial score (nSPS) is 12.3. The molecule has 0 unspecified atom stereocenters. The van der Waals surface area contributed by atoms with Crippen LogP contribution in [0.3, 0.4) is 0 Å². The molecule has 0 aromatic heterocycles. The van der Waals surface area contributed by atoms with Crippen molar-refractivity contribution < 1.29 is 17.6 Å². The van der Waals surface area contributed by atoms with Gasteiger partial charge < -0.3 is 0 Å². The quantitative estimate of drug-likeness (QED) is 0.303. The summed E-state index contributed by atoms with van der Waals surface area (Å²) in [5.74, 6) is -5.02. The van der Waals surface area contributed by atoms with Crippen LogP contribution in [-0.2, 0) is 0 Å². The van der Waals surface area contributed by atoms with E-state index in [1.54, 1.807) is 78.9 Å². The summed E-state index contributed by atoms with van der Waals surface area (Å²) in [6, 6.07) is 24.7. The fourth-order valence-electron chi connectivity index (χ4n) is 2.89. The molecule has 0 saturated heterocycles. The van der Waals surface area contributed by atoms with E-state index in [0.717, 1.165) is 0 Å². The summed E-state index contributed by atoms with van der Waals surface area (Å²) in [5.41, 5.74) is 1.17. The lowest BCUT2D eigenvalue weighted by molar-refractivity contribution is -0.157. The molecule has 0 N–H and O–H groups in total. The van der Waals surface area contributed by atoms with E-state index in [0.29, 0.717) is 11.1 Å². The number of benzene rings is 3. The van der Waals surface area contributed by atoms with Crippen molar-refractivity contribution in [1.29, 1.82) is 0 Å². The first-order valence-corrected chi connectivity index (χ1v) is 9.30. The fourth-order valence-corrected chi connectivity index (χ4v) is 3.71. The van der Waals surface area contributed by atoms with Gasteiger partial charge >= 0.3 is 11.2 Å². The van der Waals surface area contributed by atoms with Crippen molar-refractivity contribution in [2.24, 2.45) is 0 Å². The number of halogens is 4. The van der Waals surface area contributed by atoms with E-state index < -0.39 is 23.5 Å². The summed E-state index contributed by atoms with van der Waals surface area (Å²) in [4.78, 5) is 0.109. The average molecular weight is 390 g/mol. The number of hydrogen-bond donors (Lipinski definition) is 0. The van der Waals surface area contributed by atoms with Gasteiger partial charge in [-0.1, -0.05) is 78.9 Å². The molecule has 0 atom stereocenters. The molecule has 27 heavy (non-hydrogen) atoms. The minimum Gasteiger partial charge on any atom is -0.199 e. The Morgan fingerprint density at radius 1 is 0.630 bits per heavy atom. The molecule has 3 rings (SSSR count). The maximum atomic E-state index is 14.7. The molecule has 0 amide bonds. The van der Waals surface area contributed by atoms with Gasteiger partial charge in [0.15, 0.2) is 0 Å². The lowest BCUT2D eigenvalue weighted by atomic mass is 9.86. The van der Waals surface area contributed by atoms with E-state index in [9.17, 15) is 17.6 Å². The molecule has 3 aromatic rings. The minimum atomic E-state index is -4.23. The molecule has 0 radical (unpaired) electrons. The highest BCUT2D eigenvalue weighted by Gasteiger charge is 2.57. The Morgan fingerprint density at radius 3 is 1.48 bits per heavy atom. The van der Waals surface area contributed by atoms with Gasteiger partial charge in [0.1, 0.15) is 0 Å². The Bertz CT molecular complexity index is 796. The van der Waals surface area contributed by atoms with Crippen LogP contribution in [0.5, 0.6) is 0 Å². The second-order valence-corrected chi connectivity index (χ2v) is 7.40. The number of thioether (sulfide) groups is 1. The predicted molar refractivity (Wildman–Crippen MR) is 102 cm³/mol. The standard InChI is InChI=1S/C22H18F4S/c23-21(24,22(25,26)27-19-14-8-3-9-15-19)16-20(17-10-4-1-5-11-17)18-12-6-2-7-13-18/h1-15,20H,16H2. The van der Waals surface area contributed by atoms with Gasteiger partial charge in [-0.3, -0.25) is 0 Å². The number of rotatable bonds is 7. The Hall–Kier alpha value is -2.27. The topological polar surface area (TPSA) is 0 Å². The van der Waals surface area contributed by atoms with Crippen LogP contribution in [0.25, 0.3) is 0 Å². The van der Waals surface area contributed by atoms with Crippen LogP contribution in [-0.4, -0.2) is 11.2 Å². The van der Waals surface area contributed by atoms with Gasteiger partial charge in [-0.05, 0) is 35.0 Å². The van der Waals surface area contributed by atoms with Gasteiger partial charge in [0.25, 0.3) is 0 Å². The van der Waals surface area contributed by atoms with E-state index in [-0.39, 0.29) is 16.7 Å². The molecule has 0 spiro atoms. The number of alkyl halides is 4. The molecule has 0 bridgehead atoms.